The van der Waals surface area contributed by atoms with Gasteiger partial charge >= 0.3 is 6.03 Å². The number of anilines is 1. The van der Waals surface area contributed by atoms with Crippen LogP contribution in [-0.2, 0) is 13.0 Å². The van der Waals surface area contributed by atoms with Gasteiger partial charge in [0.2, 0.25) is 0 Å². The molecule has 0 aliphatic carbocycles. The summed E-state index contributed by atoms with van der Waals surface area (Å²) in [5.41, 5.74) is 2.89. The van der Waals surface area contributed by atoms with Crippen LogP contribution in [0.1, 0.15) is 11.1 Å². The molecule has 0 saturated heterocycles. The van der Waals surface area contributed by atoms with Crippen molar-refractivity contribution in [3.8, 4) is 0 Å². The minimum absolute atomic E-state index is 0.173. The molecule has 0 aliphatic rings. The third kappa shape index (κ3) is 5.75. The average molecular weight is 399 g/mol. The Balaban J connectivity index is 1.72. The van der Waals surface area contributed by atoms with Crippen LogP contribution in [0.15, 0.2) is 78.9 Å². The highest BCUT2D eigenvalue weighted by molar-refractivity contribution is 6.42. The number of benzene rings is 3. The lowest BCUT2D eigenvalue weighted by molar-refractivity contribution is 0.210. The van der Waals surface area contributed by atoms with E-state index in [1.54, 1.807) is 23.1 Å². The van der Waals surface area contributed by atoms with E-state index in [0.717, 1.165) is 12.0 Å². The van der Waals surface area contributed by atoms with Crippen molar-refractivity contribution < 1.29 is 4.79 Å². The number of hydrogen-bond acceptors (Lipinski definition) is 1. The third-order valence-electron chi connectivity index (χ3n) is 4.19. The van der Waals surface area contributed by atoms with Gasteiger partial charge in [-0.25, -0.2) is 4.79 Å². The topological polar surface area (TPSA) is 32.3 Å². The van der Waals surface area contributed by atoms with Gasteiger partial charge in [-0.15, -0.1) is 0 Å². The summed E-state index contributed by atoms with van der Waals surface area (Å²) >= 11 is 12.0. The number of carbonyl (C=O) groups is 1. The number of carbonyl (C=O) groups excluding carboxylic acids is 1. The highest BCUT2D eigenvalue weighted by Crippen LogP contribution is 2.25. The van der Waals surface area contributed by atoms with Gasteiger partial charge in [-0.2, -0.15) is 0 Å². The zero-order valence-corrected chi connectivity index (χ0v) is 16.3. The number of halogens is 2. The van der Waals surface area contributed by atoms with Crippen molar-refractivity contribution in [2.24, 2.45) is 0 Å². The molecule has 1 N–H and O–H groups in total. The molecule has 0 fully saturated rings. The quantitative estimate of drug-likeness (QED) is 0.521. The summed E-state index contributed by atoms with van der Waals surface area (Å²) in [6.45, 7) is 1.13. The molecule has 3 rings (SSSR count). The summed E-state index contributed by atoms with van der Waals surface area (Å²) in [4.78, 5) is 14.7. The van der Waals surface area contributed by atoms with Crippen LogP contribution in [0.2, 0.25) is 10.0 Å². The molecule has 0 aliphatic heterocycles. The van der Waals surface area contributed by atoms with E-state index in [-0.39, 0.29) is 6.03 Å². The van der Waals surface area contributed by atoms with E-state index in [1.807, 2.05) is 48.5 Å². The Kier molecular flexibility index (Phi) is 6.74. The Bertz CT molecular complexity index is 885. The van der Waals surface area contributed by atoms with Crippen molar-refractivity contribution in [1.82, 2.24) is 4.90 Å². The summed E-state index contributed by atoms with van der Waals surface area (Å²) in [5, 5.41) is 3.78. The Labute approximate surface area is 169 Å². The van der Waals surface area contributed by atoms with Gasteiger partial charge in [-0.3, -0.25) is 0 Å². The SMILES string of the molecule is O=C(Nc1ccc(Cl)c(Cl)c1)N(CCc1ccccc1)Cc1ccccc1. The standard InChI is InChI=1S/C22H20Cl2N2O/c23-20-12-11-19(15-21(20)24)25-22(27)26(16-18-9-5-2-6-10-18)14-13-17-7-3-1-4-8-17/h1-12,15H,13-14,16H2,(H,25,27). The fraction of sp³-hybridized carbons (Fsp3) is 0.136. The van der Waals surface area contributed by atoms with Crippen LogP contribution >= 0.6 is 23.2 Å². The van der Waals surface area contributed by atoms with E-state index >= 15 is 0 Å². The summed E-state index contributed by atoms with van der Waals surface area (Å²) in [6.07, 6.45) is 0.780. The van der Waals surface area contributed by atoms with E-state index in [0.29, 0.717) is 28.8 Å². The first-order valence-electron chi connectivity index (χ1n) is 8.70. The minimum Gasteiger partial charge on any atom is -0.320 e. The second-order valence-corrected chi connectivity index (χ2v) is 7.02. The second kappa shape index (κ2) is 9.45. The van der Waals surface area contributed by atoms with E-state index in [1.165, 1.54) is 5.56 Å². The molecule has 0 aromatic heterocycles. The number of nitrogens with zero attached hydrogens (tertiary/aromatic N) is 1. The molecule has 0 atom stereocenters. The summed E-state index contributed by atoms with van der Waals surface area (Å²) < 4.78 is 0. The van der Waals surface area contributed by atoms with Crippen molar-refractivity contribution in [3.63, 3.8) is 0 Å². The zero-order chi connectivity index (χ0) is 19.1. The largest absolute Gasteiger partial charge is 0.322 e. The van der Waals surface area contributed by atoms with Gasteiger partial charge < -0.3 is 10.2 Å². The predicted molar refractivity (Wildman–Crippen MR) is 112 cm³/mol. The molecule has 2 amide bonds. The lowest BCUT2D eigenvalue weighted by Gasteiger charge is -2.23. The summed E-state index contributed by atoms with van der Waals surface area (Å²) in [6, 6.07) is 25.0. The predicted octanol–water partition coefficient (Wildman–Crippen LogP) is 6.27. The zero-order valence-electron chi connectivity index (χ0n) is 14.7. The van der Waals surface area contributed by atoms with Crippen LogP contribution in [0.5, 0.6) is 0 Å². The molecule has 27 heavy (non-hydrogen) atoms. The number of amides is 2. The van der Waals surface area contributed by atoms with Crippen LogP contribution in [-0.4, -0.2) is 17.5 Å². The van der Waals surface area contributed by atoms with Crippen molar-refractivity contribution in [3.05, 3.63) is 100 Å². The minimum atomic E-state index is -0.173. The third-order valence-corrected chi connectivity index (χ3v) is 4.93. The maximum absolute atomic E-state index is 12.9. The normalized spacial score (nSPS) is 10.4. The molecule has 0 bridgehead atoms. The Morgan fingerprint density at radius 1 is 0.815 bits per heavy atom. The number of rotatable bonds is 6. The van der Waals surface area contributed by atoms with Gasteiger partial charge in [0, 0.05) is 18.8 Å². The molecular formula is C22H20Cl2N2O. The molecular weight excluding hydrogens is 379 g/mol. The van der Waals surface area contributed by atoms with Crippen LogP contribution < -0.4 is 5.32 Å². The van der Waals surface area contributed by atoms with Gasteiger partial charge in [0.05, 0.1) is 10.0 Å². The first kappa shape index (κ1) is 19.3. The van der Waals surface area contributed by atoms with Crippen molar-refractivity contribution in [2.75, 3.05) is 11.9 Å². The van der Waals surface area contributed by atoms with Crippen LogP contribution in [0.25, 0.3) is 0 Å². The summed E-state index contributed by atoms with van der Waals surface area (Å²) in [7, 11) is 0. The molecule has 5 heteroatoms. The smallest absolute Gasteiger partial charge is 0.320 e. The monoisotopic (exact) mass is 398 g/mol. The molecule has 3 nitrogen and oxygen atoms in total. The van der Waals surface area contributed by atoms with Gasteiger partial charge in [0.1, 0.15) is 0 Å². The molecule has 3 aromatic rings. The number of nitrogens with one attached hydrogen (secondary N) is 1. The highest BCUT2D eigenvalue weighted by Gasteiger charge is 2.15. The average Bonchev–Trinajstić information content (AvgIpc) is 2.69. The Morgan fingerprint density at radius 3 is 2.07 bits per heavy atom. The van der Waals surface area contributed by atoms with Gasteiger partial charge in [-0.1, -0.05) is 83.9 Å². The molecule has 3 aromatic carbocycles. The van der Waals surface area contributed by atoms with E-state index in [9.17, 15) is 4.79 Å². The first-order valence-corrected chi connectivity index (χ1v) is 9.46. The van der Waals surface area contributed by atoms with Gasteiger partial charge in [-0.05, 0) is 35.7 Å². The number of urea groups is 1. The second-order valence-electron chi connectivity index (χ2n) is 6.20. The van der Waals surface area contributed by atoms with Crippen molar-refractivity contribution >= 4 is 34.9 Å². The summed E-state index contributed by atoms with van der Waals surface area (Å²) in [5.74, 6) is 0. The Hall–Kier alpha value is -2.49. The van der Waals surface area contributed by atoms with Crippen molar-refractivity contribution in [1.29, 1.82) is 0 Å². The van der Waals surface area contributed by atoms with Crippen LogP contribution in [0.3, 0.4) is 0 Å². The lowest BCUT2D eigenvalue weighted by atomic mass is 10.1. The first-order chi connectivity index (χ1) is 13.1. The molecule has 0 saturated carbocycles. The lowest BCUT2D eigenvalue weighted by Crippen LogP contribution is -2.36. The molecule has 0 spiro atoms. The van der Waals surface area contributed by atoms with E-state index in [4.69, 9.17) is 23.2 Å². The van der Waals surface area contributed by atoms with Crippen molar-refractivity contribution in [2.45, 2.75) is 13.0 Å². The van der Waals surface area contributed by atoms with E-state index in [2.05, 4.69) is 17.4 Å². The van der Waals surface area contributed by atoms with Gasteiger partial charge in [0.15, 0.2) is 0 Å². The highest BCUT2D eigenvalue weighted by atomic mass is 35.5. The van der Waals surface area contributed by atoms with Crippen LogP contribution in [0, 0.1) is 0 Å². The maximum atomic E-state index is 12.9. The number of hydrogen-bond donors (Lipinski definition) is 1. The van der Waals surface area contributed by atoms with E-state index < -0.39 is 0 Å². The molecule has 0 heterocycles. The fourth-order valence-electron chi connectivity index (χ4n) is 2.74. The van der Waals surface area contributed by atoms with Crippen LogP contribution in [0.4, 0.5) is 10.5 Å². The van der Waals surface area contributed by atoms with Gasteiger partial charge in [0.25, 0.3) is 0 Å². The Morgan fingerprint density at radius 2 is 1.44 bits per heavy atom. The molecule has 0 radical (unpaired) electrons. The maximum Gasteiger partial charge on any atom is 0.322 e. The molecule has 0 unspecified atom stereocenters. The molecule has 138 valence electrons. The fourth-order valence-corrected chi connectivity index (χ4v) is 3.04.